The van der Waals surface area contributed by atoms with Crippen LogP contribution in [0.4, 0.5) is 0 Å². The second kappa shape index (κ2) is 36.5. The van der Waals surface area contributed by atoms with E-state index in [1.165, 1.54) is 50.1 Å². The van der Waals surface area contributed by atoms with Crippen molar-refractivity contribution in [2.24, 2.45) is 16.6 Å². The van der Waals surface area contributed by atoms with Crippen molar-refractivity contribution in [3.05, 3.63) is 264 Å². The van der Waals surface area contributed by atoms with Crippen LogP contribution in [0.5, 0.6) is 11.5 Å². The number of methoxy groups -OCH3 is 2. The summed E-state index contributed by atoms with van der Waals surface area (Å²) >= 11 is 0. The molecule has 18 heteroatoms. The number of hydrogen-bond acceptors (Lipinski definition) is 13. The number of nitrogens with one attached hydrogen (secondary N) is 1. The molecule has 0 bridgehead atoms. The summed E-state index contributed by atoms with van der Waals surface area (Å²) in [6.07, 6.45) is 0.244. The summed E-state index contributed by atoms with van der Waals surface area (Å²) in [6, 6.07) is 72.3. The quantitative estimate of drug-likeness (QED) is 0.0269. The van der Waals surface area contributed by atoms with Crippen LogP contribution < -0.4 is 20.5 Å². The number of benzene rings is 8. The van der Waals surface area contributed by atoms with Gasteiger partial charge in [-0.1, -0.05) is 166 Å². The third kappa shape index (κ3) is 24.3. The van der Waals surface area contributed by atoms with Crippen molar-refractivity contribution in [1.29, 1.82) is 0 Å². The van der Waals surface area contributed by atoms with Gasteiger partial charge >= 0.3 is 209 Å². The number of aliphatic hydroxyl groups excluding tert-OH is 2. The van der Waals surface area contributed by atoms with E-state index in [0.717, 1.165) is 64.0 Å². The molecule has 0 aliphatic rings. The van der Waals surface area contributed by atoms with Crippen LogP contribution in [0.1, 0.15) is 73.9 Å². The number of rotatable bonds is 37. The molecule has 8 aromatic rings. The molecule has 0 fully saturated rings. The van der Waals surface area contributed by atoms with Gasteiger partial charge in [0.15, 0.2) is 0 Å². The van der Waals surface area contributed by atoms with E-state index in [1.54, 1.807) is 43.5 Å². The van der Waals surface area contributed by atoms with E-state index >= 15 is 0 Å². The monoisotopic (exact) mass is 1300 g/mol. The Hall–Kier alpha value is -7.20. The second-order valence-corrected chi connectivity index (χ2v) is 29.4. The summed E-state index contributed by atoms with van der Waals surface area (Å²) in [5, 5.41) is 25.9. The van der Waals surface area contributed by atoms with Crippen LogP contribution in [0.25, 0.3) is 0 Å². The van der Waals surface area contributed by atoms with Gasteiger partial charge in [-0.2, -0.15) is 4.31 Å². The maximum absolute atomic E-state index is 14.2. The second-order valence-electron chi connectivity index (χ2n) is 25.5. The third-order valence-corrected chi connectivity index (χ3v) is 20.3. The normalized spacial score (nSPS) is 13.4. The van der Waals surface area contributed by atoms with Crippen LogP contribution in [-0.2, 0) is 63.8 Å². The van der Waals surface area contributed by atoms with E-state index in [4.69, 9.17) is 15.2 Å². The first kappa shape index (κ1) is 73.2. The van der Waals surface area contributed by atoms with E-state index < -0.39 is 55.2 Å². The SMILES string of the molecule is COc1ccc(S(=O)(=O)N(CC(O)[C@@H](N)Cc2ccccc2)CC(C)(C)CCN(Cc2ccccc2)Cc2ccccc2)cc1.COc1ccc(S(=O)(=O)N(CC(O)[C@H](Cc2ccccc2)NCB=O)CC(C)(C)CCN(Cc2ccccc2)Cc2ccccc2)cc1. The van der Waals surface area contributed by atoms with Crippen LogP contribution in [0, 0.1) is 10.8 Å². The van der Waals surface area contributed by atoms with Gasteiger partial charge in [-0.15, -0.1) is 0 Å². The summed E-state index contributed by atoms with van der Waals surface area (Å²) in [5.41, 5.74) is 12.4. The average Bonchev–Trinajstić information content (AvgIpc) is 1.20. The summed E-state index contributed by atoms with van der Waals surface area (Å²) in [7, 11) is -4.13. The fraction of sp³-hybridized carbons (Fsp3) is 0.360. The molecule has 0 aliphatic carbocycles. The summed E-state index contributed by atoms with van der Waals surface area (Å²) < 4.78 is 81.2. The first-order chi connectivity index (χ1) is 44.6. The number of nitrogens with two attached hydrogens (primary N) is 1. The van der Waals surface area contributed by atoms with Crippen LogP contribution >= 0.6 is 0 Å². The molecule has 0 aromatic heterocycles. The predicted molar refractivity (Wildman–Crippen MR) is 373 cm³/mol. The molecule has 0 radical (unpaired) electrons. The van der Waals surface area contributed by atoms with Crippen molar-refractivity contribution in [3.63, 3.8) is 0 Å². The third-order valence-electron chi connectivity index (χ3n) is 16.6. The Kier molecular flexibility index (Phi) is 28.7. The van der Waals surface area contributed by atoms with E-state index in [0.29, 0.717) is 30.8 Å². The summed E-state index contributed by atoms with van der Waals surface area (Å²) in [4.78, 5) is 5.07. The number of hydrogen-bond donors (Lipinski definition) is 4. The molecular formula is C75H95BN6O9S2. The molecule has 494 valence electrons. The minimum atomic E-state index is -4.01. The number of ether oxygens (including phenoxy) is 2. The molecule has 15 nitrogen and oxygen atoms in total. The Balaban J connectivity index is 0.000000264. The van der Waals surface area contributed by atoms with Gasteiger partial charge < -0.3 is 15.6 Å². The van der Waals surface area contributed by atoms with Crippen molar-refractivity contribution < 1.29 is 41.2 Å². The Morgan fingerprint density at radius 2 is 0.753 bits per heavy atom. The van der Waals surface area contributed by atoms with E-state index in [9.17, 15) is 31.8 Å². The molecule has 93 heavy (non-hydrogen) atoms. The zero-order valence-corrected chi connectivity index (χ0v) is 56.5. The molecule has 0 saturated heterocycles. The van der Waals surface area contributed by atoms with Crippen molar-refractivity contribution in [2.75, 3.05) is 59.9 Å². The Morgan fingerprint density at radius 1 is 0.452 bits per heavy atom. The Labute approximate surface area is 554 Å². The van der Waals surface area contributed by atoms with Crippen molar-refractivity contribution >= 4 is 27.2 Å². The van der Waals surface area contributed by atoms with Gasteiger partial charge in [0.05, 0.1) is 25.2 Å². The van der Waals surface area contributed by atoms with E-state index in [2.05, 4.69) is 116 Å². The van der Waals surface area contributed by atoms with Crippen molar-refractivity contribution in [3.8, 4) is 11.5 Å². The number of nitrogens with zero attached hydrogens (tertiary/aromatic N) is 4. The van der Waals surface area contributed by atoms with Crippen LogP contribution in [0.3, 0.4) is 0 Å². The van der Waals surface area contributed by atoms with Gasteiger partial charge in [0.25, 0.3) is 0 Å². The molecule has 8 aromatic carbocycles. The maximum atomic E-state index is 14.2. The fourth-order valence-electron chi connectivity index (χ4n) is 11.2. The summed E-state index contributed by atoms with van der Waals surface area (Å²) in [6.45, 7) is 13.1. The van der Waals surface area contributed by atoms with Crippen LogP contribution in [0.15, 0.2) is 240 Å². The fourth-order valence-corrected chi connectivity index (χ4v) is 14.5. The number of aliphatic hydroxyl groups is 2. The minimum absolute atomic E-state index is 0.0456. The van der Waals surface area contributed by atoms with Crippen LogP contribution in [0.2, 0.25) is 0 Å². The van der Waals surface area contributed by atoms with Gasteiger partial charge in [-0.3, -0.25) is 4.90 Å². The first-order valence-electron chi connectivity index (χ1n) is 31.9. The van der Waals surface area contributed by atoms with E-state index in [1.807, 2.05) is 109 Å². The molecule has 2 unspecified atom stereocenters. The molecule has 0 amide bonds. The van der Waals surface area contributed by atoms with Crippen LogP contribution in [-0.4, -0.2) is 137 Å². The molecule has 0 aliphatic heterocycles. The molecule has 5 N–H and O–H groups in total. The summed E-state index contributed by atoms with van der Waals surface area (Å²) in [5.74, 6) is 1.13. The molecule has 0 saturated carbocycles. The van der Waals surface area contributed by atoms with Gasteiger partial charge in [-0.05, 0) is 76.9 Å². The predicted octanol–water partition coefficient (Wildman–Crippen LogP) is 11.1. The Morgan fingerprint density at radius 3 is 1.06 bits per heavy atom. The van der Waals surface area contributed by atoms with Gasteiger partial charge in [0, 0.05) is 32.2 Å². The molecule has 0 spiro atoms. The zero-order chi connectivity index (χ0) is 66.7. The van der Waals surface area contributed by atoms with E-state index in [-0.39, 0.29) is 42.4 Å². The average molecular weight is 1300 g/mol. The van der Waals surface area contributed by atoms with Gasteiger partial charge in [-0.25, -0.2) is 8.42 Å². The molecular weight excluding hydrogens is 1200 g/mol. The molecule has 0 heterocycles. The standard InChI is InChI=1S/C38H48BN3O5S.C37H47N3O4S/c1-38(2,23-24-41(26-32-15-9-5-10-16-32)27-33-17-11-6-12-18-33)29-42(48(45,46)35-21-19-34(47-3)20-22-35)28-37(43)36(40-30-39-44)25-31-13-7-4-8-14-31;1-37(2,23-24-39(26-31-15-9-5-10-16-31)27-32-17-11-6-12-18-32)29-40(45(42,43)34-21-19-33(44-3)20-22-34)28-36(41)35(38)25-30-13-7-4-8-14-30/h4-22,36-37,40,43H,23-30H2,1-3H3;4-22,35-36,41H,23-29,38H2,1-3H3/t36-,37?;35-,36?/m00/s1. The van der Waals surface area contributed by atoms with Gasteiger partial charge in [0.1, 0.15) is 5.75 Å². The number of sulfonamides is 2. The topological polar surface area (TPSA) is 195 Å². The zero-order valence-electron chi connectivity index (χ0n) is 54.9. The van der Waals surface area contributed by atoms with Crippen molar-refractivity contribution in [2.45, 2.75) is 114 Å². The first-order valence-corrected chi connectivity index (χ1v) is 34.8. The molecule has 4 atom stereocenters. The van der Waals surface area contributed by atoms with Crippen molar-refractivity contribution in [1.82, 2.24) is 23.7 Å². The van der Waals surface area contributed by atoms with Gasteiger partial charge in [0.2, 0.25) is 10.0 Å². The molecule has 8 rings (SSSR count). The Bertz CT molecular complexity index is 3560.